The largest absolute Gasteiger partial charge is 0.483 e. The summed E-state index contributed by atoms with van der Waals surface area (Å²) >= 11 is 0. The minimum Gasteiger partial charge on any atom is -0.483 e. The summed E-state index contributed by atoms with van der Waals surface area (Å²) in [5.41, 5.74) is 0.804. The van der Waals surface area contributed by atoms with Crippen LogP contribution in [0.5, 0.6) is 5.75 Å². The van der Waals surface area contributed by atoms with E-state index in [9.17, 15) is 26.3 Å². The highest BCUT2D eigenvalue weighted by atomic mass is 19.2. The fourth-order valence-electron chi connectivity index (χ4n) is 4.91. The van der Waals surface area contributed by atoms with Crippen LogP contribution in [0.1, 0.15) is 62.5 Å². The molecular formula is C28H26F6O. The maximum Gasteiger partial charge on any atom is 0.194 e. The van der Waals surface area contributed by atoms with Crippen LogP contribution < -0.4 is 4.74 Å². The Morgan fingerprint density at radius 2 is 1.37 bits per heavy atom. The first kappa shape index (κ1) is 25.1. The van der Waals surface area contributed by atoms with Crippen LogP contribution in [0, 0.1) is 40.8 Å². The van der Waals surface area contributed by atoms with Gasteiger partial charge in [0.1, 0.15) is 12.4 Å². The van der Waals surface area contributed by atoms with Gasteiger partial charge in [-0.15, -0.1) is 0 Å². The van der Waals surface area contributed by atoms with Gasteiger partial charge in [0.15, 0.2) is 34.8 Å². The predicted molar refractivity (Wildman–Crippen MR) is 122 cm³/mol. The lowest BCUT2D eigenvalue weighted by Gasteiger charge is -2.28. The van der Waals surface area contributed by atoms with Gasteiger partial charge < -0.3 is 4.74 Å². The highest BCUT2D eigenvalue weighted by Crippen LogP contribution is 2.39. The Hall–Kier alpha value is -2.96. The van der Waals surface area contributed by atoms with Crippen LogP contribution in [0.2, 0.25) is 0 Å². The van der Waals surface area contributed by atoms with Crippen LogP contribution in [0.3, 0.4) is 0 Å². The van der Waals surface area contributed by atoms with Crippen LogP contribution in [-0.2, 0) is 6.61 Å². The highest BCUT2D eigenvalue weighted by Gasteiger charge is 2.23. The fraction of sp³-hybridized carbons (Fsp3) is 0.357. The molecule has 0 aromatic heterocycles. The highest BCUT2D eigenvalue weighted by molar-refractivity contribution is 5.66. The Bertz CT molecular complexity index is 1150. The fourth-order valence-corrected chi connectivity index (χ4v) is 4.91. The maximum absolute atomic E-state index is 15.0. The van der Waals surface area contributed by atoms with Crippen molar-refractivity contribution in [1.29, 1.82) is 0 Å². The molecule has 0 amide bonds. The molecule has 0 N–H and O–H groups in total. The van der Waals surface area contributed by atoms with E-state index < -0.39 is 47.3 Å². The van der Waals surface area contributed by atoms with E-state index in [1.807, 2.05) is 0 Å². The summed E-state index contributed by atoms with van der Waals surface area (Å²) < 4.78 is 89.0. The molecule has 0 spiro atoms. The zero-order chi connectivity index (χ0) is 25.1. The Morgan fingerprint density at radius 3 is 1.94 bits per heavy atom. The standard InChI is InChI=1S/C28H26F6O/c1-2-3-16-4-6-18(7-5-16)19-8-9-21(22(29)12-19)20-13-25(32)28(26(33)14-20)35-15-17-10-23(30)27(34)24(31)11-17/h8-14,16,18H,2-7,15H2,1H3. The number of hydrogen-bond acceptors (Lipinski definition) is 1. The molecule has 0 saturated heterocycles. The molecule has 1 aliphatic carbocycles. The monoisotopic (exact) mass is 492 g/mol. The van der Waals surface area contributed by atoms with Gasteiger partial charge in [-0.25, -0.2) is 26.3 Å². The van der Waals surface area contributed by atoms with Gasteiger partial charge in [0, 0.05) is 5.56 Å². The van der Waals surface area contributed by atoms with Gasteiger partial charge >= 0.3 is 0 Å². The molecule has 1 aliphatic rings. The van der Waals surface area contributed by atoms with Crippen LogP contribution >= 0.6 is 0 Å². The van der Waals surface area contributed by atoms with Crippen molar-refractivity contribution >= 4 is 0 Å². The predicted octanol–water partition coefficient (Wildman–Crippen LogP) is 8.84. The smallest absolute Gasteiger partial charge is 0.194 e. The summed E-state index contributed by atoms with van der Waals surface area (Å²) in [6.07, 6.45) is 6.63. The average Bonchev–Trinajstić information content (AvgIpc) is 2.82. The topological polar surface area (TPSA) is 9.23 Å². The molecule has 0 unspecified atom stereocenters. The van der Waals surface area contributed by atoms with E-state index in [0.717, 1.165) is 49.3 Å². The third-order valence-corrected chi connectivity index (χ3v) is 6.74. The molecule has 0 radical (unpaired) electrons. The summed E-state index contributed by atoms with van der Waals surface area (Å²) in [7, 11) is 0. The van der Waals surface area contributed by atoms with E-state index in [1.54, 1.807) is 6.07 Å². The Labute approximate surface area is 200 Å². The zero-order valence-electron chi connectivity index (χ0n) is 19.3. The maximum atomic E-state index is 15.0. The van der Waals surface area contributed by atoms with Crippen molar-refractivity contribution in [2.45, 2.75) is 58.0 Å². The summed E-state index contributed by atoms with van der Waals surface area (Å²) in [6.45, 7) is 1.59. The Kier molecular flexibility index (Phi) is 7.72. The van der Waals surface area contributed by atoms with E-state index in [-0.39, 0.29) is 22.6 Å². The summed E-state index contributed by atoms with van der Waals surface area (Å²) in [5, 5.41) is 0. The van der Waals surface area contributed by atoms with E-state index in [0.29, 0.717) is 12.1 Å². The zero-order valence-corrected chi connectivity index (χ0v) is 19.3. The molecule has 3 aromatic carbocycles. The first-order valence-electron chi connectivity index (χ1n) is 11.8. The van der Waals surface area contributed by atoms with Gasteiger partial charge in [0.05, 0.1) is 0 Å². The molecule has 0 aliphatic heterocycles. The number of benzene rings is 3. The van der Waals surface area contributed by atoms with E-state index in [2.05, 4.69) is 6.92 Å². The summed E-state index contributed by atoms with van der Waals surface area (Å²) in [5.74, 6) is -7.05. The normalized spacial score (nSPS) is 18.0. The molecule has 7 heteroatoms. The van der Waals surface area contributed by atoms with Gasteiger partial charge in [-0.1, -0.05) is 31.9 Å². The van der Waals surface area contributed by atoms with Crippen molar-refractivity contribution in [3.63, 3.8) is 0 Å². The first-order chi connectivity index (χ1) is 16.8. The second kappa shape index (κ2) is 10.8. The van der Waals surface area contributed by atoms with E-state index >= 15 is 0 Å². The molecule has 0 heterocycles. The molecule has 35 heavy (non-hydrogen) atoms. The molecule has 3 aromatic rings. The minimum absolute atomic E-state index is 0.00178. The number of rotatable bonds is 7. The number of ether oxygens (including phenoxy) is 1. The molecule has 1 saturated carbocycles. The number of halogens is 6. The van der Waals surface area contributed by atoms with Crippen LogP contribution in [0.25, 0.3) is 11.1 Å². The quantitative estimate of drug-likeness (QED) is 0.236. The van der Waals surface area contributed by atoms with Crippen molar-refractivity contribution in [2.75, 3.05) is 0 Å². The van der Waals surface area contributed by atoms with Crippen molar-refractivity contribution < 1.29 is 31.1 Å². The second-order valence-electron chi connectivity index (χ2n) is 9.18. The van der Waals surface area contributed by atoms with Crippen LogP contribution in [-0.4, -0.2) is 0 Å². The molecule has 0 bridgehead atoms. The lowest BCUT2D eigenvalue weighted by Crippen LogP contribution is -2.13. The molecule has 1 fully saturated rings. The van der Waals surface area contributed by atoms with Gasteiger partial charge in [0.2, 0.25) is 0 Å². The van der Waals surface area contributed by atoms with Crippen LogP contribution in [0.4, 0.5) is 26.3 Å². The minimum atomic E-state index is -1.65. The summed E-state index contributed by atoms with van der Waals surface area (Å²) in [4.78, 5) is 0. The van der Waals surface area contributed by atoms with Crippen molar-refractivity contribution in [3.8, 4) is 16.9 Å². The molecule has 0 atom stereocenters. The third kappa shape index (κ3) is 5.65. The van der Waals surface area contributed by atoms with Gasteiger partial charge in [-0.2, -0.15) is 0 Å². The Morgan fingerprint density at radius 1 is 0.743 bits per heavy atom. The van der Waals surface area contributed by atoms with Crippen molar-refractivity contribution in [2.24, 2.45) is 5.92 Å². The SMILES string of the molecule is CCCC1CCC(c2ccc(-c3cc(F)c(OCc4cc(F)c(F)c(F)c4)c(F)c3)c(F)c2)CC1. The molecular weight excluding hydrogens is 466 g/mol. The van der Waals surface area contributed by atoms with Gasteiger partial charge in [0.25, 0.3) is 0 Å². The average molecular weight is 493 g/mol. The van der Waals surface area contributed by atoms with E-state index in [4.69, 9.17) is 4.74 Å². The molecule has 4 rings (SSSR count). The van der Waals surface area contributed by atoms with Crippen molar-refractivity contribution in [1.82, 2.24) is 0 Å². The lowest BCUT2D eigenvalue weighted by atomic mass is 9.77. The third-order valence-electron chi connectivity index (χ3n) is 6.74. The number of hydrogen-bond donors (Lipinski definition) is 0. The summed E-state index contributed by atoms with van der Waals surface area (Å²) in [6, 6.07) is 8.02. The lowest BCUT2D eigenvalue weighted by molar-refractivity contribution is 0.272. The Balaban J connectivity index is 1.49. The second-order valence-corrected chi connectivity index (χ2v) is 9.18. The van der Waals surface area contributed by atoms with Crippen molar-refractivity contribution in [3.05, 3.63) is 88.5 Å². The van der Waals surface area contributed by atoms with E-state index in [1.165, 1.54) is 25.0 Å². The van der Waals surface area contributed by atoms with Gasteiger partial charge in [-0.05, 0) is 84.5 Å². The first-order valence-corrected chi connectivity index (χ1v) is 11.8. The van der Waals surface area contributed by atoms with Crippen LogP contribution in [0.15, 0.2) is 42.5 Å². The molecule has 1 nitrogen and oxygen atoms in total. The van der Waals surface area contributed by atoms with Gasteiger partial charge in [-0.3, -0.25) is 0 Å². The molecule has 186 valence electrons.